The van der Waals surface area contributed by atoms with E-state index in [-0.39, 0.29) is 11.7 Å². The molecule has 1 N–H and O–H groups in total. The highest BCUT2D eigenvalue weighted by molar-refractivity contribution is 7.99. The van der Waals surface area contributed by atoms with Crippen molar-refractivity contribution in [2.24, 2.45) is 0 Å². The fraction of sp³-hybridized carbons (Fsp3) is 0.125. The van der Waals surface area contributed by atoms with Gasteiger partial charge in [-0.2, -0.15) is 4.68 Å². The van der Waals surface area contributed by atoms with Crippen LogP contribution in [0.5, 0.6) is 5.75 Å². The largest absolute Gasteiger partial charge is 0.497 e. The number of methoxy groups -OCH3 is 1. The SMILES string of the molecule is COc1ccc(-n2nnnc2SCC(=O)Nc2ccc(Cl)c(Cl)c2)cc1. The van der Waals surface area contributed by atoms with E-state index in [0.29, 0.717) is 20.9 Å². The average Bonchev–Trinajstić information content (AvgIpc) is 3.12. The molecule has 0 fully saturated rings. The van der Waals surface area contributed by atoms with Crippen molar-refractivity contribution in [3.63, 3.8) is 0 Å². The average molecular weight is 410 g/mol. The van der Waals surface area contributed by atoms with Gasteiger partial charge in [0.05, 0.1) is 28.6 Å². The van der Waals surface area contributed by atoms with Gasteiger partial charge in [0, 0.05) is 5.69 Å². The molecule has 0 aliphatic heterocycles. The van der Waals surface area contributed by atoms with E-state index in [1.165, 1.54) is 11.8 Å². The second-order valence-electron chi connectivity index (χ2n) is 5.04. The minimum atomic E-state index is -0.210. The monoisotopic (exact) mass is 409 g/mol. The number of hydrogen-bond acceptors (Lipinski definition) is 6. The molecule has 0 radical (unpaired) electrons. The zero-order valence-corrected chi connectivity index (χ0v) is 15.8. The summed E-state index contributed by atoms with van der Waals surface area (Å²) in [6.07, 6.45) is 0. The molecule has 26 heavy (non-hydrogen) atoms. The number of hydrogen-bond donors (Lipinski definition) is 1. The van der Waals surface area contributed by atoms with Crippen LogP contribution < -0.4 is 10.1 Å². The van der Waals surface area contributed by atoms with E-state index in [1.54, 1.807) is 30.0 Å². The Balaban J connectivity index is 1.63. The Morgan fingerprint density at radius 1 is 1.19 bits per heavy atom. The number of carbonyl (C=O) groups is 1. The van der Waals surface area contributed by atoms with Crippen LogP contribution in [0.3, 0.4) is 0 Å². The number of aromatic nitrogens is 4. The topological polar surface area (TPSA) is 81.9 Å². The second-order valence-corrected chi connectivity index (χ2v) is 6.79. The molecule has 0 unspecified atom stereocenters. The van der Waals surface area contributed by atoms with E-state index >= 15 is 0 Å². The molecule has 7 nitrogen and oxygen atoms in total. The van der Waals surface area contributed by atoms with Gasteiger partial charge in [0.1, 0.15) is 5.75 Å². The Morgan fingerprint density at radius 2 is 1.96 bits per heavy atom. The Bertz CT molecular complexity index is 917. The number of anilines is 1. The van der Waals surface area contributed by atoms with E-state index < -0.39 is 0 Å². The molecule has 3 aromatic rings. The van der Waals surface area contributed by atoms with Crippen LogP contribution in [0.25, 0.3) is 5.69 Å². The molecule has 2 aromatic carbocycles. The van der Waals surface area contributed by atoms with Gasteiger partial charge in [-0.1, -0.05) is 35.0 Å². The minimum absolute atomic E-state index is 0.136. The third-order valence-corrected chi connectivity index (χ3v) is 4.95. The van der Waals surface area contributed by atoms with Gasteiger partial charge in [-0.25, -0.2) is 0 Å². The first-order valence-corrected chi connectivity index (χ1v) is 9.11. The summed E-state index contributed by atoms with van der Waals surface area (Å²) in [6.45, 7) is 0. The summed E-state index contributed by atoms with van der Waals surface area (Å²) in [4.78, 5) is 12.1. The number of amides is 1. The van der Waals surface area contributed by atoms with Crippen molar-refractivity contribution in [3.05, 3.63) is 52.5 Å². The van der Waals surface area contributed by atoms with E-state index in [9.17, 15) is 4.79 Å². The molecule has 0 aliphatic rings. The summed E-state index contributed by atoms with van der Waals surface area (Å²) in [5.41, 5.74) is 1.34. The first-order valence-electron chi connectivity index (χ1n) is 7.37. The lowest BCUT2D eigenvalue weighted by Crippen LogP contribution is -2.14. The molecule has 0 saturated carbocycles. The number of nitrogens with zero attached hydrogens (tertiary/aromatic N) is 4. The molecule has 10 heteroatoms. The highest BCUT2D eigenvalue weighted by Gasteiger charge is 2.12. The van der Waals surface area contributed by atoms with Gasteiger partial charge in [-0.3, -0.25) is 4.79 Å². The van der Waals surface area contributed by atoms with Gasteiger partial charge in [0.25, 0.3) is 0 Å². The molecule has 1 aromatic heterocycles. The van der Waals surface area contributed by atoms with Crippen LogP contribution in [0.2, 0.25) is 10.0 Å². The maximum atomic E-state index is 12.1. The number of rotatable bonds is 6. The molecule has 0 atom stereocenters. The summed E-state index contributed by atoms with van der Waals surface area (Å²) < 4.78 is 6.68. The Kier molecular flexibility index (Phi) is 5.97. The van der Waals surface area contributed by atoms with Crippen molar-refractivity contribution in [1.82, 2.24) is 20.2 Å². The molecule has 1 heterocycles. The fourth-order valence-electron chi connectivity index (χ4n) is 2.06. The number of nitrogens with one attached hydrogen (secondary N) is 1. The van der Waals surface area contributed by atoms with Gasteiger partial charge >= 0.3 is 0 Å². The Morgan fingerprint density at radius 3 is 2.65 bits per heavy atom. The van der Waals surface area contributed by atoms with E-state index in [0.717, 1.165) is 11.4 Å². The number of ether oxygens (including phenoxy) is 1. The fourth-order valence-corrected chi connectivity index (χ4v) is 3.04. The third kappa shape index (κ3) is 4.46. The van der Waals surface area contributed by atoms with Crippen LogP contribution in [0.1, 0.15) is 0 Å². The molecule has 0 spiro atoms. The van der Waals surface area contributed by atoms with Crippen molar-refractivity contribution in [2.45, 2.75) is 5.16 Å². The molecule has 0 aliphatic carbocycles. The first-order chi connectivity index (χ1) is 12.6. The number of thioether (sulfide) groups is 1. The van der Waals surface area contributed by atoms with Crippen LogP contribution in [0, 0.1) is 0 Å². The van der Waals surface area contributed by atoms with E-state index in [1.807, 2.05) is 24.3 Å². The third-order valence-electron chi connectivity index (χ3n) is 3.29. The van der Waals surface area contributed by atoms with Crippen molar-refractivity contribution >= 4 is 46.6 Å². The maximum Gasteiger partial charge on any atom is 0.234 e. The lowest BCUT2D eigenvalue weighted by Gasteiger charge is -2.07. The van der Waals surface area contributed by atoms with Crippen LogP contribution in [-0.4, -0.2) is 39.0 Å². The molecular formula is C16H13Cl2N5O2S. The first kappa shape index (κ1) is 18.5. The van der Waals surface area contributed by atoms with Crippen LogP contribution >= 0.6 is 35.0 Å². The molecule has 3 rings (SSSR count). The predicted octanol–water partition coefficient (Wildman–Crippen LogP) is 3.71. The Hall–Kier alpha value is -2.29. The van der Waals surface area contributed by atoms with E-state index in [4.69, 9.17) is 27.9 Å². The molecule has 134 valence electrons. The number of tetrazole rings is 1. The quantitative estimate of drug-likeness (QED) is 0.624. The van der Waals surface area contributed by atoms with Crippen LogP contribution in [0.15, 0.2) is 47.6 Å². The summed E-state index contributed by atoms with van der Waals surface area (Å²) in [5.74, 6) is 0.659. The van der Waals surface area contributed by atoms with Crippen LogP contribution in [-0.2, 0) is 4.79 Å². The van der Waals surface area contributed by atoms with Crippen molar-refractivity contribution in [2.75, 3.05) is 18.2 Å². The smallest absolute Gasteiger partial charge is 0.234 e. The van der Waals surface area contributed by atoms with E-state index in [2.05, 4.69) is 20.8 Å². The Labute approximate surface area is 163 Å². The lowest BCUT2D eigenvalue weighted by atomic mass is 10.3. The summed E-state index contributed by atoms with van der Waals surface area (Å²) in [7, 11) is 1.60. The van der Waals surface area contributed by atoms with Crippen molar-refractivity contribution in [1.29, 1.82) is 0 Å². The zero-order chi connectivity index (χ0) is 18.5. The van der Waals surface area contributed by atoms with Gasteiger partial charge in [0.2, 0.25) is 11.1 Å². The number of benzene rings is 2. The lowest BCUT2D eigenvalue weighted by molar-refractivity contribution is -0.113. The minimum Gasteiger partial charge on any atom is -0.497 e. The van der Waals surface area contributed by atoms with Crippen molar-refractivity contribution in [3.8, 4) is 11.4 Å². The highest BCUT2D eigenvalue weighted by Crippen LogP contribution is 2.25. The maximum absolute atomic E-state index is 12.1. The van der Waals surface area contributed by atoms with Gasteiger partial charge < -0.3 is 10.1 Å². The molecule has 0 bridgehead atoms. The van der Waals surface area contributed by atoms with Crippen LogP contribution in [0.4, 0.5) is 5.69 Å². The summed E-state index contributed by atoms with van der Waals surface area (Å²) in [6, 6.07) is 12.2. The van der Waals surface area contributed by atoms with Gasteiger partial charge in [-0.05, 0) is 52.9 Å². The number of halogens is 2. The zero-order valence-electron chi connectivity index (χ0n) is 13.5. The summed E-state index contributed by atoms with van der Waals surface area (Å²) >= 11 is 13.0. The predicted molar refractivity (Wildman–Crippen MR) is 102 cm³/mol. The summed E-state index contributed by atoms with van der Waals surface area (Å²) in [5, 5.41) is 15.6. The van der Waals surface area contributed by atoms with Gasteiger partial charge in [-0.15, -0.1) is 5.10 Å². The van der Waals surface area contributed by atoms with Crippen molar-refractivity contribution < 1.29 is 9.53 Å². The number of carbonyl (C=O) groups excluding carboxylic acids is 1. The second kappa shape index (κ2) is 8.39. The standard InChI is InChI=1S/C16H13Cl2N5O2S/c1-25-12-5-3-11(4-6-12)23-16(20-21-22-23)26-9-15(24)19-10-2-7-13(17)14(18)8-10/h2-8H,9H2,1H3,(H,19,24). The normalized spacial score (nSPS) is 10.6. The van der Waals surface area contributed by atoms with Gasteiger partial charge in [0.15, 0.2) is 0 Å². The highest BCUT2D eigenvalue weighted by atomic mass is 35.5. The molecular weight excluding hydrogens is 397 g/mol. The molecule has 1 amide bonds. The molecule has 0 saturated heterocycles.